The van der Waals surface area contributed by atoms with Crippen molar-refractivity contribution in [3.05, 3.63) is 0 Å². The Morgan fingerprint density at radius 2 is 1.86 bits per heavy atom. The fourth-order valence-electron chi connectivity index (χ4n) is 8.43. The quantitative estimate of drug-likeness (QED) is 0.567. The average Bonchev–Trinajstić information content (AvgIpc) is 3.02. The van der Waals surface area contributed by atoms with Gasteiger partial charge in [-0.25, -0.2) is 0 Å². The van der Waals surface area contributed by atoms with Crippen LogP contribution in [0.15, 0.2) is 0 Å². The number of ether oxygens (including phenoxy) is 1. The lowest BCUT2D eigenvalue weighted by atomic mass is 9.43. The zero-order chi connectivity index (χ0) is 20.2. The van der Waals surface area contributed by atoms with Crippen LogP contribution in [-0.2, 0) is 9.53 Å². The smallest absolute Gasteiger partial charge is 0.147 e. The molecule has 4 saturated carbocycles. The van der Waals surface area contributed by atoms with Gasteiger partial charge in [-0.3, -0.25) is 4.79 Å². The first-order chi connectivity index (χ1) is 13.3. The molecule has 0 aromatic carbocycles. The van der Waals surface area contributed by atoms with E-state index in [1.165, 1.54) is 32.1 Å². The van der Waals surface area contributed by atoms with Crippen molar-refractivity contribution in [3.63, 3.8) is 0 Å². The first-order valence-electron chi connectivity index (χ1n) is 11.7. The number of hydrogen-bond acceptors (Lipinski definition) is 3. The fraction of sp³-hybridized carbons (Fsp3) is 0.958. The molecule has 1 N–H and O–H groups in total. The van der Waals surface area contributed by atoms with Gasteiger partial charge in [0.25, 0.3) is 0 Å². The summed E-state index contributed by atoms with van der Waals surface area (Å²) in [6.45, 7) is 8.23. The van der Waals surface area contributed by atoms with E-state index in [-0.39, 0.29) is 16.7 Å². The van der Waals surface area contributed by atoms with E-state index >= 15 is 0 Å². The molecule has 0 spiro atoms. The Balaban J connectivity index is 1.63. The molecule has 0 aromatic heterocycles. The monoisotopic (exact) mass is 454 g/mol. The number of ketones is 1. The van der Waals surface area contributed by atoms with Crippen LogP contribution < -0.4 is 0 Å². The molecule has 4 heteroatoms. The zero-order valence-corrected chi connectivity index (χ0v) is 19.6. The highest BCUT2D eigenvalue weighted by atomic mass is 79.9. The SMILES string of the molecule is CCOC[C@]12CC[C@@](C)(O)C[C@@H]1CCC1[C@@H]3CC[C@H](C(=O)CBr)[C@@]3(C)CC[C@@H]12. The summed E-state index contributed by atoms with van der Waals surface area (Å²) < 4.78 is 6.12. The normalized spacial score (nSPS) is 50.5. The molecule has 4 rings (SSSR count). The molecule has 0 amide bonds. The third-order valence-electron chi connectivity index (χ3n) is 9.75. The van der Waals surface area contributed by atoms with Crippen LogP contribution in [0, 0.1) is 40.4 Å². The molecule has 4 aliphatic rings. The van der Waals surface area contributed by atoms with E-state index in [1.807, 2.05) is 6.92 Å². The summed E-state index contributed by atoms with van der Waals surface area (Å²) in [5.41, 5.74) is -0.0526. The highest BCUT2D eigenvalue weighted by Gasteiger charge is 2.63. The Hall–Kier alpha value is 0.0700. The van der Waals surface area contributed by atoms with Crippen molar-refractivity contribution < 1.29 is 14.6 Å². The average molecular weight is 455 g/mol. The van der Waals surface area contributed by atoms with E-state index in [2.05, 4.69) is 29.8 Å². The molecule has 0 aromatic rings. The number of carbonyl (C=O) groups is 1. The van der Waals surface area contributed by atoms with Gasteiger partial charge >= 0.3 is 0 Å². The Morgan fingerprint density at radius 3 is 2.57 bits per heavy atom. The lowest BCUT2D eigenvalue weighted by molar-refractivity contribution is -0.178. The third-order valence-corrected chi connectivity index (χ3v) is 10.3. The molecule has 0 heterocycles. The first kappa shape index (κ1) is 21.3. The van der Waals surface area contributed by atoms with Crippen molar-refractivity contribution >= 4 is 21.7 Å². The highest BCUT2D eigenvalue weighted by Crippen LogP contribution is 2.68. The van der Waals surface area contributed by atoms with Crippen LogP contribution >= 0.6 is 15.9 Å². The summed E-state index contributed by atoms with van der Waals surface area (Å²) >= 11 is 3.44. The number of Topliss-reactive ketones (excluding diaryl/α,β-unsaturated/α-hetero) is 1. The largest absolute Gasteiger partial charge is 0.390 e. The van der Waals surface area contributed by atoms with Crippen LogP contribution in [0.2, 0.25) is 0 Å². The van der Waals surface area contributed by atoms with Gasteiger partial charge in [0.1, 0.15) is 5.78 Å². The van der Waals surface area contributed by atoms with Gasteiger partial charge in [0, 0.05) is 12.5 Å². The van der Waals surface area contributed by atoms with E-state index in [0.29, 0.717) is 28.9 Å². The summed E-state index contributed by atoms with van der Waals surface area (Å²) in [7, 11) is 0. The topological polar surface area (TPSA) is 46.5 Å². The summed E-state index contributed by atoms with van der Waals surface area (Å²) in [5.74, 6) is 3.42. The van der Waals surface area contributed by atoms with Crippen molar-refractivity contribution in [2.45, 2.75) is 84.2 Å². The van der Waals surface area contributed by atoms with Crippen LogP contribution in [0.3, 0.4) is 0 Å². The number of halogens is 1. The number of aliphatic hydroxyl groups is 1. The summed E-state index contributed by atoms with van der Waals surface area (Å²) in [5, 5.41) is 11.3. The number of carbonyl (C=O) groups excluding carboxylic acids is 1. The Kier molecular flexibility index (Phi) is 5.81. The second-order valence-electron chi connectivity index (χ2n) is 11.0. The Labute approximate surface area is 179 Å². The van der Waals surface area contributed by atoms with Crippen LogP contribution in [0.5, 0.6) is 0 Å². The van der Waals surface area contributed by atoms with Crippen molar-refractivity contribution in [1.82, 2.24) is 0 Å². The van der Waals surface area contributed by atoms with E-state index in [4.69, 9.17) is 4.74 Å². The summed E-state index contributed by atoms with van der Waals surface area (Å²) in [4.78, 5) is 12.6. The zero-order valence-electron chi connectivity index (χ0n) is 18.0. The molecule has 0 saturated heterocycles. The van der Waals surface area contributed by atoms with Gasteiger partial charge in [-0.15, -0.1) is 0 Å². The number of rotatable bonds is 5. The van der Waals surface area contributed by atoms with Gasteiger partial charge in [0.2, 0.25) is 0 Å². The minimum atomic E-state index is -0.503. The van der Waals surface area contributed by atoms with E-state index in [0.717, 1.165) is 44.8 Å². The van der Waals surface area contributed by atoms with Gasteiger partial charge in [-0.05, 0) is 106 Å². The highest BCUT2D eigenvalue weighted by molar-refractivity contribution is 9.09. The van der Waals surface area contributed by atoms with Crippen LogP contribution in [0.1, 0.15) is 78.6 Å². The molecule has 28 heavy (non-hydrogen) atoms. The predicted octanol–water partition coefficient (Wildman–Crippen LogP) is 5.38. The fourth-order valence-corrected chi connectivity index (χ4v) is 8.82. The van der Waals surface area contributed by atoms with Gasteiger partial charge in [-0.1, -0.05) is 22.9 Å². The standard InChI is InChI=1S/C24H39BrO3/c1-4-28-15-24-12-11-22(2,27)13-16(24)5-6-17-18-7-8-20(21(26)14-25)23(18,3)10-9-19(17)24/h16-20,27H,4-15H2,1-3H3/t16-,17?,18-,19-,20+,22+,23-,24+/m0/s1. The van der Waals surface area contributed by atoms with E-state index < -0.39 is 5.60 Å². The number of fused-ring (bicyclic) bond motifs is 5. The van der Waals surface area contributed by atoms with Crippen LogP contribution in [0.4, 0.5) is 0 Å². The molecule has 4 fully saturated rings. The molecule has 1 unspecified atom stereocenters. The van der Waals surface area contributed by atoms with Gasteiger partial charge < -0.3 is 9.84 Å². The molecule has 8 atom stereocenters. The molecule has 160 valence electrons. The second kappa shape index (κ2) is 7.64. The van der Waals surface area contributed by atoms with Crippen molar-refractivity contribution in [1.29, 1.82) is 0 Å². The van der Waals surface area contributed by atoms with Gasteiger partial charge in [0.05, 0.1) is 17.5 Å². The minimum Gasteiger partial charge on any atom is -0.390 e. The molecular formula is C24H39BrO3. The molecule has 3 nitrogen and oxygen atoms in total. The van der Waals surface area contributed by atoms with Crippen LogP contribution in [-0.4, -0.2) is 35.0 Å². The van der Waals surface area contributed by atoms with Crippen molar-refractivity contribution in [3.8, 4) is 0 Å². The maximum Gasteiger partial charge on any atom is 0.147 e. The van der Waals surface area contributed by atoms with Gasteiger partial charge in [-0.2, -0.15) is 0 Å². The minimum absolute atomic E-state index is 0.200. The molecule has 4 aliphatic carbocycles. The Morgan fingerprint density at radius 1 is 1.07 bits per heavy atom. The lowest BCUT2D eigenvalue weighted by Crippen LogP contribution is -2.58. The van der Waals surface area contributed by atoms with E-state index in [1.54, 1.807) is 0 Å². The summed E-state index contributed by atoms with van der Waals surface area (Å²) in [6, 6.07) is 0. The number of alkyl halides is 1. The molecule has 0 radical (unpaired) electrons. The second-order valence-corrected chi connectivity index (χ2v) is 11.6. The first-order valence-corrected chi connectivity index (χ1v) is 12.8. The molecule has 0 bridgehead atoms. The lowest BCUT2D eigenvalue weighted by Gasteiger charge is -2.62. The maximum atomic E-state index is 12.6. The molecular weight excluding hydrogens is 416 g/mol. The predicted molar refractivity (Wildman–Crippen MR) is 115 cm³/mol. The Bertz CT molecular complexity index is 605. The van der Waals surface area contributed by atoms with Crippen LogP contribution in [0.25, 0.3) is 0 Å². The maximum absolute atomic E-state index is 12.6. The van der Waals surface area contributed by atoms with Gasteiger partial charge in [0.15, 0.2) is 0 Å². The molecule has 0 aliphatic heterocycles. The number of hydrogen-bond donors (Lipinski definition) is 1. The van der Waals surface area contributed by atoms with E-state index in [9.17, 15) is 9.90 Å². The van der Waals surface area contributed by atoms with Crippen molar-refractivity contribution in [2.75, 3.05) is 18.5 Å². The summed E-state index contributed by atoms with van der Waals surface area (Å²) in [6.07, 6.45) is 10.2. The van der Waals surface area contributed by atoms with Crippen molar-refractivity contribution in [2.24, 2.45) is 40.4 Å². The third kappa shape index (κ3) is 3.24.